The van der Waals surface area contributed by atoms with E-state index in [2.05, 4.69) is 15.4 Å². The minimum Gasteiger partial charge on any atom is -0.408 e. The molecule has 6 heteroatoms. The number of nitrogens with zero attached hydrogens (tertiary/aromatic N) is 2. The van der Waals surface area contributed by atoms with E-state index in [0.29, 0.717) is 0 Å². The first-order valence-electron chi connectivity index (χ1n) is 4.41. The molecule has 0 saturated heterocycles. The molecule has 0 aliphatic heterocycles. The molecule has 4 nitrogen and oxygen atoms in total. The Morgan fingerprint density at radius 3 is 2.25 bits per heavy atom. The van der Waals surface area contributed by atoms with Gasteiger partial charge >= 0.3 is 0 Å². The molecule has 0 aliphatic rings. The van der Waals surface area contributed by atoms with Crippen LogP contribution < -0.4 is 0 Å². The Labute approximate surface area is 90.7 Å². The normalized spacial score (nSPS) is 12.8. The minimum absolute atomic E-state index is 0.269. The highest BCUT2D eigenvalue weighted by molar-refractivity contribution is 6.44. The second-order valence-corrected chi connectivity index (χ2v) is 3.28. The highest BCUT2D eigenvalue weighted by Gasteiger charge is 2.14. The van der Waals surface area contributed by atoms with Crippen molar-refractivity contribution >= 4 is 11.7 Å². The van der Waals surface area contributed by atoms with Crippen LogP contribution in [0.15, 0.2) is 28.5 Å². The highest BCUT2D eigenvalue weighted by atomic mass is 19.3. The molecule has 0 radical (unpaired) electrons. The number of rotatable bonds is 3. The van der Waals surface area contributed by atoms with E-state index >= 15 is 0 Å². The van der Waals surface area contributed by atoms with Crippen LogP contribution in [-0.4, -0.2) is 16.9 Å². The molecule has 0 heterocycles. The lowest BCUT2D eigenvalue weighted by Crippen LogP contribution is -2.11. The summed E-state index contributed by atoms with van der Waals surface area (Å²) in [5.74, 6) is -1.32. The van der Waals surface area contributed by atoms with E-state index in [1.54, 1.807) is 26.0 Å². The molecule has 0 unspecified atom stereocenters. The molecular weight excluding hydrogens is 218 g/mol. The Morgan fingerprint density at radius 1 is 1.25 bits per heavy atom. The predicted octanol–water partition coefficient (Wildman–Crippen LogP) is 2.67. The van der Waals surface area contributed by atoms with Gasteiger partial charge in [-0.05, 0) is 31.1 Å². The number of hydrogen-bond acceptors (Lipinski definition) is 4. The van der Waals surface area contributed by atoms with E-state index < -0.39 is 11.7 Å². The maximum absolute atomic E-state index is 13.1. The lowest BCUT2D eigenvalue weighted by molar-refractivity contribution is -0.130. The van der Waals surface area contributed by atoms with Crippen molar-refractivity contribution in [2.45, 2.75) is 13.8 Å². The molecule has 86 valence electrons. The Hall–Kier alpha value is -1.98. The van der Waals surface area contributed by atoms with Crippen molar-refractivity contribution in [3.05, 3.63) is 34.9 Å². The number of aryl methyl sites for hydroxylation is 2. The fraction of sp³-hybridized carbons (Fsp3) is 0.200. The predicted molar refractivity (Wildman–Crippen MR) is 55.0 cm³/mol. The van der Waals surface area contributed by atoms with Crippen molar-refractivity contribution in [1.29, 1.82) is 0 Å². The van der Waals surface area contributed by atoms with E-state index in [9.17, 15) is 8.92 Å². The third kappa shape index (κ3) is 2.75. The molecule has 0 spiro atoms. The van der Waals surface area contributed by atoms with Gasteiger partial charge in [0.05, 0.1) is 0 Å². The Balaban J connectivity index is 3.27. The monoisotopic (exact) mass is 228 g/mol. The first kappa shape index (κ1) is 12.1. The molecule has 1 aromatic carbocycles. The minimum atomic E-state index is -1.32. The third-order valence-electron chi connectivity index (χ3n) is 1.90. The molecule has 0 amide bonds. The van der Waals surface area contributed by atoms with Crippen LogP contribution in [0.1, 0.15) is 16.7 Å². The summed E-state index contributed by atoms with van der Waals surface area (Å²) in [5.41, 5.74) is 1.45. The third-order valence-corrected chi connectivity index (χ3v) is 1.90. The zero-order chi connectivity index (χ0) is 12.1. The molecule has 1 rings (SSSR count). The number of benzene rings is 1. The summed E-state index contributed by atoms with van der Waals surface area (Å²) >= 11 is 0. The summed E-state index contributed by atoms with van der Waals surface area (Å²) in [5, 5.41) is 16.5. The van der Waals surface area contributed by atoms with Crippen molar-refractivity contribution < 1.29 is 19.2 Å². The summed E-state index contributed by atoms with van der Waals surface area (Å²) in [4.78, 5) is 0. The average Bonchev–Trinajstić information content (AvgIpc) is 2.23. The van der Waals surface area contributed by atoms with Crippen LogP contribution in [0.4, 0.5) is 8.92 Å². The molecule has 0 bridgehead atoms. The highest BCUT2D eigenvalue weighted by Crippen LogP contribution is 2.12. The van der Waals surface area contributed by atoms with Gasteiger partial charge in [-0.3, -0.25) is 0 Å². The zero-order valence-corrected chi connectivity index (χ0v) is 8.74. The summed E-state index contributed by atoms with van der Waals surface area (Å²) in [6.07, 6.45) is 0. The Bertz CT molecular complexity index is 424. The summed E-state index contributed by atoms with van der Waals surface area (Å²) in [7, 11) is 0. The van der Waals surface area contributed by atoms with Gasteiger partial charge in [-0.25, -0.2) is 0 Å². The van der Waals surface area contributed by atoms with Gasteiger partial charge in [0.2, 0.25) is 0 Å². The van der Waals surface area contributed by atoms with Crippen LogP contribution in [-0.2, 0) is 5.04 Å². The van der Waals surface area contributed by atoms with Gasteiger partial charge in [0, 0.05) is 10.1 Å². The number of halogens is 2. The maximum Gasteiger partial charge on any atom is 0.279 e. The fourth-order valence-corrected chi connectivity index (χ4v) is 1.40. The Kier molecular flexibility index (Phi) is 3.93. The molecule has 0 saturated carbocycles. The van der Waals surface area contributed by atoms with E-state index in [4.69, 9.17) is 5.21 Å². The van der Waals surface area contributed by atoms with Gasteiger partial charge in [0.25, 0.3) is 5.97 Å². The first-order chi connectivity index (χ1) is 7.58. The lowest BCUT2D eigenvalue weighted by Gasteiger charge is -2.04. The van der Waals surface area contributed by atoms with E-state index in [1.807, 2.05) is 6.07 Å². The molecule has 1 aromatic rings. The molecule has 0 atom stereocenters. The van der Waals surface area contributed by atoms with Crippen molar-refractivity contribution in [1.82, 2.24) is 0 Å². The average molecular weight is 228 g/mol. The smallest absolute Gasteiger partial charge is 0.279 e. The summed E-state index contributed by atoms with van der Waals surface area (Å²) in [6.45, 7) is 3.58. The number of hydrogen-bond donors (Lipinski definition) is 1. The molecular formula is C10H10F2N2O2. The van der Waals surface area contributed by atoms with Gasteiger partial charge in [-0.1, -0.05) is 22.3 Å². The zero-order valence-electron chi connectivity index (χ0n) is 8.74. The van der Waals surface area contributed by atoms with Crippen molar-refractivity contribution in [2.24, 2.45) is 10.3 Å². The summed E-state index contributed by atoms with van der Waals surface area (Å²) in [6, 6.07) is 4.98. The molecule has 0 aromatic heterocycles. The standard InChI is InChI=1S/C10H10F2N2O2/c1-6-3-7(2)5-8(4-6)9(14-16-12)10(11)13-15/h3-5,15H,1-2H3. The molecule has 1 N–H and O–H groups in total. The van der Waals surface area contributed by atoms with Crippen LogP contribution in [0.25, 0.3) is 0 Å². The van der Waals surface area contributed by atoms with Crippen molar-refractivity contribution in [3.8, 4) is 0 Å². The molecule has 0 fully saturated rings. The molecule has 16 heavy (non-hydrogen) atoms. The van der Waals surface area contributed by atoms with Gasteiger partial charge in [-0.2, -0.15) is 9.43 Å². The van der Waals surface area contributed by atoms with Crippen LogP contribution in [0, 0.1) is 13.8 Å². The second-order valence-electron chi connectivity index (χ2n) is 3.28. The van der Waals surface area contributed by atoms with Gasteiger partial charge in [-0.15, -0.1) is 0 Å². The lowest BCUT2D eigenvalue weighted by atomic mass is 10.0. The largest absolute Gasteiger partial charge is 0.408 e. The van der Waals surface area contributed by atoms with Crippen molar-refractivity contribution in [2.75, 3.05) is 0 Å². The van der Waals surface area contributed by atoms with Crippen molar-refractivity contribution in [3.63, 3.8) is 0 Å². The maximum atomic E-state index is 13.1. The van der Waals surface area contributed by atoms with Gasteiger partial charge in [0.1, 0.15) is 0 Å². The number of oxime groups is 2. The first-order valence-corrected chi connectivity index (χ1v) is 4.41. The van der Waals surface area contributed by atoms with E-state index in [1.165, 1.54) is 0 Å². The topological polar surface area (TPSA) is 54.2 Å². The van der Waals surface area contributed by atoms with Crippen LogP contribution in [0.3, 0.4) is 0 Å². The van der Waals surface area contributed by atoms with E-state index in [-0.39, 0.29) is 5.56 Å². The van der Waals surface area contributed by atoms with Crippen LogP contribution in [0.5, 0.6) is 0 Å². The summed E-state index contributed by atoms with van der Waals surface area (Å²) < 4.78 is 24.7. The molecule has 0 aliphatic carbocycles. The fourth-order valence-electron chi connectivity index (χ4n) is 1.40. The van der Waals surface area contributed by atoms with Crippen LogP contribution in [0.2, 0.25) is 0 Å². The SMILES string of the molecule is Cc1cc(C)cc(C(=NOF)C(F)=NO)c1. The van der Waals surface area contributed by atoms with Crippen LogP contribution >= 0.6 is 0 Å². The Morgan fingerprint density at radius 2 is 1.81 bits per heavy atom. The van der Waals surface area contributed by atoms with E-state index in [0.717, 1.165) is 11.1 Å². The van der Waals surface area contributed by atoms with Gasteiger partial charge in [0.15, 0.2) is 5.71 Å². The second kappa shape index (κ2) is 5.20. The quantitative estimate of drug-likeness (QED) is 0.491. The van der Waals surface area contributed by atoms with Gasteiger partial charge < -0.3 is 5.21 Å².